The summed E-state index contributed by atoms with van der Waals surface area (Å²) in [5.74, 6) is 0.584. The fraction of sp³-hybridized carbons (Fsp3) is 0.190. The van der Waals surface area contributed by atoms with Gasteiger partial charge in [0.2, 0.25) is 5.89 Å². The number of rotatable bonds is 4. The molecular formula is C21H19N3O3. The number of carbonyl (C=O) groups is 2. The lowest BCUT2D eigenvalue weighted by molar-refractivity contribution is -0.131. The third-order valence-corrected chi connectivity index (χ3v) is 4.81. The SMILES string of the molecule is Cc1ccc([C@@]2(C)NC(=O)N(Cc3ncc(-c4ccccc4)o3)C2=O)cc1. The van der Waals surface area contributed by atoms with E-state index in [0.717, 1.165) is 21.6 Å². The summed E-state index contributed by atoms with van der Waals surface area (Å²) in [5, 5.41) is 2.79. The second-order valence-electron chi connectivity index (χ2n) is 6.80. The van der Waals surface area contributed by atoms with E-state index in [-0.39, 0.29) is 12.5 Å². The van der Waals surface area contributed by atoms with Crippen molar-refractivity contribution < 1.29 is 14.0 Å². The lowest BCUT2D eigenvalue weighted by Gasteiger charge is -2.22. The molecule has 0 radical (unpaired) electrons. The van der Waals surface area contributed by atoms with Crippen LogP contribution < -0.4 is 5.32 Å². The van der Waals surface area contributed by atoms with E-state index in [1.54, 1.807) is 13.1 Å². The maximum atomic E-state index is 13.0. The molecule has 1 aliphatic heterocycles. The van der Waals surface area contributed by atoms with E-state index in [4.69, 9.17) is 4.42 Å². The maximum Gasteiger partial charge on any atom is 0.325 e. The number of carbonyl (C=O) groups excluding carboxylic acids is 2. The van der Waals surface area contributed by atoms with Crippen LogP contribution in [-0.2, 0) is 16.9 Å². The molecule has 0 aliphatic carbocycles. The minimum Gasteiger partial charge on any atom is -0.439 e. The molecule has 136 valence electrons. The minimum atomic E-state index is -1.10. The van der Waals surface area contributed by atoms with Gasteiger partial charge in [0.15, 0.2) is 5.76 Å². The van der Waals surface area contributed by atoms with Gasteiger partial charge in [-0.3, -0.25) is 9.69 Å². The van der Waals surface area contributed by atoms with Gasteiger partial charge in [-0.2, -0.15) is 0 Å². The maximum absolute atomic E-state index is 13.0. The zero-order valence-electron chi connectivity index (χ0n) is 15.1. The second kappa shape index (κ2) is 6.39. The quantitative estimate of drug-likeness (QED) is 0.720. The molecule has 6 heteroatoms. The number of hydrogen-bond donors (Lipinski definition) is 1. The first-order valence-electron chi connectivity index (χ1n) is 8.69. The van der Waals surface area contributed by atoms with Crippen molar-refractivity contribution in [2.24, 2.45) is 0 Å². The van der Waals surface area contributed by atoms with Crippen molar-refractivity contribution in [2.45, 2.75) is 25.9 Å². The van der Waals surface area contributed by atoms with Crippen LogP contribution in [0.1, 0.15) is 23.9 Å². The van der Waals surface area contributed by atoms with Crippen molar-refractivity contribution in [2.75, 3.05) is 0 Å². The van der Waals surface area contributed by atoms with E-state index in [0.29, 0.717) is 11.7 Å². The van der Waals surface area contributed by atoms with Crippen LogP contribution in [0, 0.1) is 6.92 Å². The number of urea groups is 1. The molecule has 1 saturated heterocycles. The summed E-state index contributed by atoms with van der Waals surface area (Å²) in [6.07, 6.45) is 1.60. The van der Waals surface area contributed by atoms with Gasteiger partial charge >= 0.3 is 6.03 Å². The van der Waals surface area contributed by atoms with Crippen LogP contribution in [0.3, 0.4) is 0 Å². The molecular weight excluding hydrogens is 342 g/mol. The van der Waals surface area contributed by atoms with Gasteiger partial charge < -0.3 is 9.73 Å². The summed E-state index contributed by atoms with van der Waals surface area (Å²) in [4.78, 5) is 30.8. The van der Waals surface area contributed by atoms with Crippen molar-refractivity contribution in [1.82, 2.24) is 15.2 Å². The van der Waals surface area contributed by atoms with Gasteiger partial charge in [0.25, 0.3) is 5.91 Å². The van der Waals surface area contributed by atoms with Crippen molar-refractivity contribution in [3.8, 4) is 11.3 Å². The zero-order valence-corrected chi connectivity index (χ0v) is 15.1. The van der Waals surface area contributed by atoms with Gasteiger partial charge in [0.1, 0.15) is 12.1 Å². The minimum absolute atomic E-state index is 0.0149. The number of oxazole rings is 1. The van der Waals surface area contributed by atoms with Gasteiger partial charge in [-0.15, -0.1) is 0 Å². The zero-order chi connectivity index (χ0) is 19.0. The Morgan fingerprint density at radius 3 is 2.48 bits per heavy atom. The monoisotopic (exact) mass is 361 g/mol. The normalized spacial score (nSPS) is 19.4. The highest BCUT2D eigenvalue weighted by molar-refractivity contribution is 6.07. The summed E-state index contributed by atoms with van der Waals surface area (Å²) in [7, 11) is 0. The number of aromatic nitrogens is 1. The average Bonchev–Trinajstić information content (AvgIpc) is 3.22. The standard InChI is InChI=1S/C21H19N3O3/c1-14-8-10-16(11-9-14)21(2)19(25)24(20(26)23-21)13-18-22-12-17(27-18)15-6-4-3-5-7-15/h3-12H,13H2,1-2H3,(H,23,26)/t21-/m1/s1. The largest absolute Gasteiger partial charge is 0.439 e. The van der Waals surface area contributed by atoms with E-state index in [2.05, 4.69) is 10.3 Å². The summed E-state index contributed by atoms with van der Waals surface area (Å²) >= 11 is 0. The lowest BCUT2D eigenvalue weighted by atomic mass is 9.91. The van der Waals surface area contributed by atoms with Crippen molar-refractivity contribution in [1.29, 1.82) is 0 Å². The molecule has 6 nitrogen and oxygen atoms in total. The van der Waals surface area contributed by atoms with E-state index < -0.39 is 11.6 Å². The number of benzene rings is 2. The number of imide groups is 1. The van der Waals surface area contributed by atoms with Crippen LogP contribution in [0.15, 0.2) is 65.2 Å². The molecule has 3 aromatic rings. The third-order valence-electron chi connectivity index (χ3n) is 4.81. The van der Waals surface area contributed by atoms with Gasteiger partial charge in [-0.25, -0.2) is 9.78 Å². The van der Waals surface area contributed by atoms with Crippen LogP contribution in [0.25, 0.3) is 11.3 Å². The van der Waals surface area contributed by atoms with Crippen LogP contribution >= 0.6 is 0 Å². The fourth-order valence-corrected chi connectivity index (χ4v) is 3.18. The smallest absolute Gasteiger partial charge is 0.325 e. The average molecular weight is 361 g/mol. The molecule has 1 aromatic heterocycles. The summed E-state index contributed by atoms with van der Waals surface area (Å²) in [6, 6.07) is 16.6. The number of amides is 3. The molecule has 2 heterocycles. The molecule has 0 bridgehead atoms. The Morgan fingerprint density at radius 1 is 1.07 bits per heavy atom. The number of aryl methyl sites for hydroxylation is 1. The summed E-state index contributed by atoms with van der Waals surface area (Å²) in [6.45, 7) is 3.67. The molecule has 1 aliphatic rings. The Bertz CT molecular complexity index is 995. The predicted octanol–water partition coefficient (Wildman–Crippen LogP) is 3.62. The first kappa shape index (κ1) is 17.0. The summed E-state index contributed by atoms with van der Waals surface area (Å²) < 4.78 is 5.73. The third kappa shape index (κ3) is 2.99. The lowest BCUT2D eigenvalue weighted by Crippen LogP contribution is -2.40. The van der Waals surface area contributed by atoms with Gasteiger partial charge in [0.05, 0.1) is 6.20 Å². The van der Waals surface area contributed by atoms with E-state index >= 15 is 0 Å². The van der Waals surface area contributed by atoms with Gasteiger partial charge in [-0.05, 0) is 19.4 Å². The van der Waals surface area contributed by atoms with Crippen LogP contribution in [0.2, 0.25) is 0 Å². The number of nitrogens with one attached hydrogen (secondary N) is 1. The summed E-state index contributed by atoms with van der Waals surface area (Å²) in [5.41, 5.74) is 1.62. The van der Waals surface area contributed by atoms with Crippen molar-refractivity contribution in [3.05, 3.63) is 77.8 Å². The molecule has 4 rings (SSSR count). The molecule has 0 spiro atoms. The van der Waals surface area contributed by atoms with Crippen LogP contribution in [-0.4, -0.2) is 21.8 Å². The Kier molecular flexibility index (Phi) is 4.03. The number of hydrogen-bond acceptors (Lipinski definition) is 4. The molecule has 3 amide bonds. The highest BCUT2D eigenvalue weighted by Gasteiger charge is 2.49. The first-order valence-corrected chi connectivity index (χ1v) is 8.69. The Balaban J connectivity index is 1.56. The highest BCUT2D eigenvalue weighted by atomic mass is 16.4. The second-order valence-corrected chi connectivity index (χ2v) is 6.80. The fourth-order valence-electron chi connectivity index (χ4n) is 3.18. The molecule has 1 atom stereocenters. The molecule has 0 unspecified atom stereocenters. The molecule has 1 N–H and O–H groups in total. The predicted molar refractivity (Wildman–Crippen MR) is 99.6 cm³/mol. The van der Waals surface area contributed by atoms with Crippen molar-refractivity contribution >= 4 is 11.9 Å². The van der Waals surface area contributed by atoms with Crippen LogP contribution in [0.5, 0.6) is 0 Å². The highest BCUT2D eigenvalue weighted by Crippen LogP contribution is 2.30. The molecule has 2 aromatic carbocycles. The molecule has 1 fully saturated rings. The number of nitrogens with zero attached hydrogens (tertiary/aromatic N) is 2. The molecule has 0 saturated carbocycles. The first-order chi connectivity index (χ1) is 13.0. The van der Waals surface area contributed by atoms with Gasteiger partial charge in [-0.1, -0.05) is 60.2 Å². The topological polar surface area (TPSA) is 75.4 Å². The van der Waals surface area contributed by atoms with Crippen LogP contribution in [0.4, 0.5) is 4.79 Å². The Morgan fingerprint density at radius 2 is 1.78 bits per heavy atom. The van der Waals surface area contributed by atoms with Gasteiger partial charge in [0, 0.05) is 5.56 Å². The Labute approximate surface area is 156 Å². The van der Waals surface area contributed by atoms with E-state index in [1.807, 2.05) is 61.5 Å². The van der Waals surface area contributed by atoms with Crippen molar-refractivity contribution in [3.63, 3.8) is 0 Å². The molecule has 27 heavy (non-hydrogen) atoms. The van der Waals surface area contributed by atoms with E-state index in [1.165, 1.54) is 0 Å². The van der Waals surface area contributed by atoms with E-state index in [9.17, 15) is 9.59 Å². The Hall–Kier alpha value is -3.41.